The first kappa shape index (κ1) is 14.7. The Bertz CT molecular complexity index is 670. The highest BCUT2D eigenvalue weighted by molar-refractivity contribution is 5.35. The summed E-state index contributed by atoms with van der Waals surface area (Å²) < 4.78 is 0. The zero-order valence-electron chi connectivity index (χ0n) is 12.2. The normalized spacial score (nSPS) is 18.0. The van der Waals surface area contributed by atoms with E-state index in [0.717, 1.165) is 18.5 Å². The van der Waals surface area contributed by atoms with Gasteiger partial charge in [0.15, 0.2) is 0 Å². The first-order valence-corrected chi connectivity index (χ1v) is 7.35. The Labute approximate surface area is 129 Å². The van der Waals surface area contributed by atoms with Crippen LogP contribution in [0.2, 0.25) is 0 Å². The quantitative estimate of drug-likeness (QED) is 0.696. The van der Waals surface area contributed by atoms with Crippen LogP contribution < -0.4 is 0 Å². The number of non-ortho nitro benzene ring substituents is 1. The van der Waals surface area contributed by atoms with Crippen molar-refractivity contribution in [3.8, 4) is 0 Å². The van der Waals surface area contributed by atoms with Gasteiger partial charge in [0.25, 0.3) is 5.69 Å². The molecule has 0 spiro atoms. The van der Waals surface area contributed by atoms with Crippen molar-refractivity contribution < 1.29 is 10.0 Å². The lowest BCUT2D eigenvalue weighted by Crippen LogP contribution is -2.36. The fourth-order valence-corrected chi connectivity index (χ4v) is 3.06. The molecule has 0 bridgehead atoms. The van der Waals surface area contributed by atoms with E-state index in [2.05, 4.69) is 17.0 Å². The van der Waals surface area contributed by atoms with Crippen molar-refractivity contribution >= 4 is 5.69 Å². The van der Waals surface area contributed by atoms with Crippen LogP contribution in [0.15, 0.2) is 48.5 Å². The third-order valence-corrected chi connectivity index (χ3v) is 4.23. The Kier molecular flexibility index (Phi) is 4.18. The van der Waals surface area contributed by atoms with E-state index >= 15 is 0 Å². The topological polar surface area (TPSA) is 66.6 Å². The van der Waals surface area contributed by atoms with Crippen LogP contribution in [0.3, 0.4) is 0 Å². The fraction of sp³-hybridized carbons (Fsp3) is 0.294. The van der Waals surface area contributed by atoms with Gasteiger partial charge in [0.1, 0.15) is 0 Å². The number of hydrogen-bond donors (Lipinski definition) is 1. The molecule has 22 heavy (non-hydrogen) atoms. The van der Waals surface area contributed by atoms with E-state index in [4.69, 9.17) is 0 Å². The molecule has 3 rings (SSSR count). The SMILES string of the molecule is O=[N+]([O-])c1ccc(CN2CCc3ccccc3C2CO)cc1. The van der Waals surface area contributed by atoms with Crippen LogP contribution in [-0.4, -0.2) is 28.1 Å². The molecule has 0 aliphatic carbocycles. The molecular weight excluding hydrogens is 280 g/mol. The van der Waals surface area contributed by atoms with Crippen LogP contribution in [0.5, 0.6) is 0 Å². The molecule has 1 atom stereocenters. The molecule has 0 fully saturated rings. The number of hydrogen-bond acceptors (Lipinski definition) is 4. The van der Waals surface area contributed by atoms with Gasteiger partial charge in [-0.15, -0.1) is 0 Å². The van der Waals surface area contributed by atoms with Gasteiger partial charge in [-0.1, -0.05) is 36.4 Å². The van der Waals surface area contributed by atoms with E-state index in [1.807, 2.05) is 12.1 Å². The summed E-state index contributed by atoms with van der Waals surface area (Å²) in [5, 5.41) is 20.5. The first-order valence-electron chi connectivity index (χ1n) is 7.35. The van der Waals surface area contributed by atoms with E-state index in [1.54, 1.807) is 12.1 Å². The number of benzene rings is 2. The van der Waals surface area contributed by atoms with E-state index < -0.39 is 4.92 Å². The number of aliphatic hydroxyl groups is 1. The van der Waals surface area contributed by atoms with Gasteiger partial charge in [0, 0.05) is 25.2 Å². The van der Waals surface area contributed by atoms with Crippen LogP contribution in [0.4, 0.5) is 5.69 Å². The molecule has 1 N–H and O–H groups in total. The van der Waals surface area contributed by atoms with Gasteiger partial charge >= 0.3 is 0 Å². The molecule has 1 heterocycles. The van der Waals surface area contributed by atoms with Crippen molar-refractivity contribution in [2.24, 2.45) is 0 Å². The second-order valence-corrected chi connectivity index (χ2v) is 5.54. The Morgan fingerprint density at radius 2 is 1.91 bits per heavy atom. The predicted molar refractivity (Wildman–Crippen MR) is 83.5 cm³/mol. The van der Waals surface area contributed by atoms with Crippen molar-refractivity contribution in [1.29, 1.82) is 0 Å². The highest BCUT2D eigenvalue weighted by Crippen LogP contribution is 2.30. The summed E-state index contributed by atoms with van der Waals surface area (Å²) in [6, 6.07) is 14.8. The lowest BCUT2D eigenvalue weighted by Gasteiger charge is -2.36. The number of nitro groups is 1. The Morgan fingerprint density at radius 1 is 1.18 bits per heavy atom. The van der Waals surface area contributed by atoms with Gasteiger partial charge in [-0.3, -0.25) is 15.0 Å². The molecule has 2 aromatic carbocycles. The average molecular weight is 298 g/mol. The average Bonchev–Trinajstić information content (AvgIpc) is 2.55. The maximum atomic E-state index is 10.7. The molecular formula is C17H18N2O3. The summed E-state index contributed by atoms with van der Waals surface area (Å²) in [6.07, 6.45) is 0.958. The molecule has 2 aromatic rings. The lowest BCUT2D eigenvalue weighted by atomic mass is 9.92. The third-order valence-electron chi connectivity index (χ3n) is 4.23. The molecule has 1 aliphatic rings. The lowest BCUT2D eigenvalue weighted by molar-refractivity contribution is -0.384. The van der Waals surface area contributed by atoms with E-state index in [-0.39, 0.29) is 18.3 Å². The van der Waals surface area contributed by atoms with Crippen LogP contribution in [-0.2, 0) is 13.0 Å². The van der Waals surface area contributed by atoms with Crippen molar-refractivity contribution in [3.63, 3.8) is 0 Å². The van der Waals surface area contributed by atoms with Crippen molar-refractivity contribution in [3.05, 3.63) is 75.3 Å². The highest BCUT2D eigenvalue weighted by Gasteiger charge is 2.26. The van der Waals surface area contributed by atoms with Crippen LogP contribution in [0, 0.1) is 10.1 Å². The molecule has 0 amide bonds. The number of rotatable bonds is 4. The minimum Gasteiger partial charge on any atom is -0.394 e. The number of fused-ring (bicyclic) bond motifs is 1. The molecule has 114 valence electrons. The van der Waals surface area contributed by atoms with E-state index in [9.17, 15) is 15.2 Å². The van der Waals surface area contributed by atoms with Crippen LogP contribution in [0.1, 0.15) is 22.7 Å². The van der Waals surface area contributed by atoms with Gasteiger partial charge in [-0.25, -0.2) is 0 Å². The summed E-state index contributed by atoms with van der Waals surface area (Å²) in [7, 11) is 0. The van der Waals surface area contributed by atoms with Gasteiger partial charge < -0.3 is 5.11 Å². The molecule has 5 heteroatoms. The maximum absolute atomic E-state index is 10.7. The third kappa shape index (κ3) is 2.86. The number of nitro benzene ring substituents is 1. The molecule has 0 saturated heterocycles. The first-order chi connectivity index (χ1) is 10.7. The monoisotopic (exact) mass is 298 g/mol. The molecule has 5 nitrogen and oxygen atoms in total. The number of aliphatic hydroxyl groups excluding tert-OH is 1. The van der Waals surface area contributed by atoms with Crippen molar-refractivity contribution in [1.82, 2.24) is 4.90 Å². The second-order valence-electron chi connectivity index (χ2n) is 5.54. The fourth-order valence-electron chi connectivity index (χ4n) is 3.06. The summed E-state index contributed by atoms with van der Waals surface area (Å²) in [5.41, 5.74) is 3.59. The standard InChI is InChI=1S/C17H18N2O3/c20-12-17-16-4-2-1-3-14(16)9-10-18(17)11-13-5-7-15(8-6-13)19(21)22/h1-8,17,20H,9-12H2. The molecule has 0 radical (unpaired) electrons. The van der Waals surface area contributed by atoms with Gasteiger partial charge in [0.05, 0.1) is 17.6 Å². The molecule has 0 saturated carbocycles. The van der Waals surface area contributed by atoms with Crippen LogP contribution in [0.25, 0.3) is 0 Å². The van der Waals surface area contributed by atoms with Gasteiger partial charge in [-0.2, -0.15) is 0 Å². The Morgan fingerprint density at radius 3 is 2.59 bits per heavy atom. The zero-order valence-corrected chi connectivity index (χ0v) is 12.2. The number of nitrogens with zero attached hydrogens (tertiary/aromatic N) is 2. The molecule has 1 aliphatic heterocycles. The van der Waals surface area contributed by atoms with Crippen molar-refractivity contribution in [2.45, 2.75) is 19.0 Å². The van der Waals surface area contributed by atoms with Gasteiger partial charge in [-0.05, 0) is 23.1 Å². The van der Waals surface area contributed by atoms with Crippen LogP contribution >= 0.6 is 0 Å². The highest BCUT2D eigenvalue weighted by atomic mass is 16.6. The Hall–Kier alpha value is -2.24. The molecule has 1 unspecified atom stereocenters. The predicted octanol–water partition coefficient (Wildman–Crippen LogP) is 2.69. The van der Waals surface area contributed by atoms with E-state index in [1.165, 1.54) is 23.3 Å². The summed E-state index contributed by atoms with van der Waals surface area (Å²) in [6.45, 7) is 1.63. The van der Waals surface area contributed by atoms with E-state index in [0.29, 0.717) is 6.54 Å². The van der Waals surface area contributed by atoms with Crippen molar-refractivity contribution in [2.75, 3.05) is 13.2 Å². The maximum Gasteiger partial charge on any atom is 0.269 e. The Balaban J connectivity index is 1.79. The van der Waals surface area contributed by atoms with Gasteiger partial charge in [0.2, 0.25) is 0 Å². The summed E-state index contributed by atoms with van der Waals surface area (Å²) in [4.78, 5) is 12.5. The summed E-state index contributed by atoms with van der Waals surface area (Å²) in [5.74, 6) is 0. The minimum absolute atomic E-state index is 0.0138. The zero-order chi connectivity index (χ0) is 15.5. The minimum atomic E-state index is -0.391. The summed E-state index contributed by atoms with van der Waals surface area (Å²) >= 11 is 0. The smallest absolute Gasteiger partial charge is 0.269 e. The molecule has 0 aromatic heterocycles. The second kappa shape index (κ2) is 6.25. The largest absolute Gasteiger partial charge is 0.394 e.